The average Bonchev–Trinajstić information content (AvgIpc) is 2.64. The molecule has 122 valence electrons. The van der Waals surface area contributed by atoms with Crippen molar-refractivity contribution in [2.45, 2.75) is 20.3 Å². The normalized spacial score (nSPS) is 10.8. The standard InChI is InChI=1S/C19H19N3O2/c1-3-15-8-10-16(11-9-15)14(2)21-22-19(23)13-24-18-7-5-4-6-17(18)12-20/h4-11H,3,13H2,1-2H3,(H,22,23)/b21-14-. The lowest BCUT2D eigenvalue weighted by atomic mass is 10.1. The second kappa shape index (κ2) is 8.49. The van der Waals surface area contributed by atoms with E-state index in [1.54, 1.807) is 24.3 Å². The molecule has 0 heterocycles. The third-order valence-electron chi connectivity index (χ3n) is 3.49. The third-order valence-corrected chi connectivity index (χ3v) is 3.49. The number of hydrogen-bond donors (Lipinski definition) is 1. The zero-order valence-corrected chi connectivity index (χ0v) is 13.7. The smallest absolute Gasteiger partial charge is 0.277 e. The predicted molar refractivity (Wildman–Crippen MR) is 92.8 cm³/mol. The monoisotopic (exact) mass is 321 g/mol. The molecular weight excluding hydrogens is 302 g/mol. The minimum Gasteiger partial charge on any atom is -0.482 e. The summed E-state index contributed by atoms with van der Waals surface area (Å²) in [7, 11) is 0. The van der Waals surface area contributed by atoms with E-state index in [0.717, 1.165) is 12.0 Å². The van der Waals surface area contributed by atoms with Crippen LogP contribution < -0.4 is 10.2 Å². The van der Waals surface area contributed by atoms with E-state index < -0.39 is 0 Å². The second-order valence-corrected chi connectivity index (χ2v) is 5.18. The van der Waals surface area contributed by atoms with Crippen LogP contribution in [0.2, 0.25) is 0 Å². The quantitative estimate of drug-likeness (QED) is 0.656. The molecule has 0 aliphatic carbocycles. The van der Waals surface area contributed by atoms with Gasteiger partial charge in [-0.2, -0.15) is 10.4 Å². The number of ether oxygens (including phenoxy) is 1. The molecule has 0 unspecified atom stereocenters. The Kier molecular flexibility index (Phi) is 6.09. The number of benzene rings is 2. The molecule has 1 amide bonds. The number of nitrogens with zero attached hydrogens (tertiary/aromatic N) is 2. The molecule has 2 rings (SSSR count). The van der Waals surface area contributed by atoms with Crippen LogP contribution in [0.15, 0.2) is 53.6 Å². The highest BCUT2D eigenvalue weighted by Crippen LogP contribution is 2.16. The highest BCUT2D eigenvalue weighted by molar-refractivity contribution is 5.99. The second-order valence-electron chi connectivity index (χ2n) is 5.18. The van der Waals surface area contributed by atoms with E-state index in [-0.39, 0.29) is 12.5 Å². The molecule has 0 bridgehead atoms. The Morgan fingerprint density at radius 1 is 1.21 bits per heavy atom. The number of rotatable bonds is 6. The first-order chi connectivity index (χ1) is 11.6. The maximum atomic E-state index is 11.8. The van der Waals surface area contributed by atoms with Crippen molar-refractivity contribution in [3.63, 3.8) is 0 Å². The van der Waals surface area contributed by atoms with E-state index in [4.69, 9.17) is 10.00 Å². The third kappa shape index (κ3) is 4.68. The summed E-state index contributed by atoms with van der Waals surface area (Å²) in [5, 5.41) is 13.0. The van der Waals surface area contributed by atoms with Crippen molar-refractivity contribution in [2.24, 2.45) is 5.10 Å². The zero-order chi connectivity index (χ0) is 17.4. The van der Waals surface area contributed by atoms with Gasteiger partial charge in [-0.15, -0.1) is 0 Å². The fourth-order valence-corrected chi connectivity index (χ4v) is 2.05. The van der Waals surface area contributed by atoms with Crippen molar-refractivity contribution in [1.82, 2.24) is 5.43 Å². The van der Waals surface area contributed by atoms with Crippen LogP contribution in [0.1, 0.15) is 30.5 Å². The van der Waals surface area contributed by atoms with Crippen molar-refractivity contribution in [2.75, 3.05) is 6.61 Å². The number of para-hydroxylation sites is 1. The number of nitriles is 1. The van der Waals surface area contributed by atoms with E-state index >= 15 is 0 Å². The minimum absolute atomic E-state index is 0.204. The lowest BCUT2D eigenvalue weighted by Crippen LogP contribution is -2.25. The van der Waals surface area contributed by atoms with Crippen molar-refractivity contribution < 1.29 is 9.53 Å². The van der Waals surface area contributed by atoms with E-state index in [1.165, 1.54) is 5.56 Å². The SMILES string of the molecule is CCc1ccc(/C(C)=N\NC(=O)COc2ccccc2C#N)cc1. The molecule has 1 N–H and O–H groups in total. The first-order valence-electron chi connectivity index (χ1n) is 7.68. The summed E-state index contributed by atoms with van der Waals surface area (Å²) in [6.45, 7) is 3.72. The van der Waals surface area contributed by atoms with Crippen LogP contribution in [0.4, 0.5) is 0 Å². The van der Waals surface area contributed by atoms with Gasteiger partial charge >= 0.3 is 0 Å². The van der Waals surface area contributed by atoms with Crippen molar-refractivity contribution in [1.29, 1.82) is 5.26 Å². The number of hydrazone groups is 1. The highest BCUT2D eigenvalue weighted by atomic mass is 16.5. The van der Waals surface area contributed by atoms with E-state index in [9.17, 15) is 4.79 Å². The summed E-state index contributed by atoms with van der Waals surface area (Å²) < 4.78 is 5.35. The molecule has 0 saturated heterocycles. The molecule has 2 aromatic rings. The summed E-state index contributed by atoms with van der Waals surface area (Å²) >= 11 is 0. The van der Waals surface area contributed by atoms with Gasteiger partial charge in [0.1, 0.15) is 11.8 Å². The number of nitrogens with one attached hydrogen (secondary N) is 1. The molecule has 0 fully saturated rings. The number of hydrogen-bond acceptors (Lipinski definition) is 4. The van der Waals surface area contributed by atoms with E-state index in [1.807, 2.05) is 37.3 Å². The molecule has 0 atom stereocenters. The van der Waals surface area contributed by atoms with Gasteiger partial charge in [0.15, 0.2) is 6.61 Å². The first-order valence-corrected chi connectivity index (χ1v) is 7.68. The zero-order valence-electron chi connectivity index (χ0n) is 13.7. The molecular formula is C19H19N3O2. The summed E-state index contributed by atoms with van der Waals surface area (Å²) in [6.07, 6.45) is 0.981. The Hall–Kier alpha value is -3.13. The van der Waals surface area contributed by atoms with Crippen LogP contribution in [0.5, 0.6) is 5.75 Å². The summed E-state index contributed by atoms with van der Waals surface area (Å²) in [5.74, 6) is -0.00160. The summed E-state index contributed by atoms with van der Waals surface area (Å²) in [4.78, 5) is 11.8. The largest absolute Gasteiger partial charge is 0.482 e. The van der Waals surface area contributed by atoms with Gasteiger partial charge < -0.3 is 4.74 Å². The Morgan fingerprint density at radius 2 is 1.92 bits per heavy atom. The molecule has 5 heteroatoms. The molecule has 0 spiro atoms. The van der Waals surface area contributed by atoms with Crippen molar-refractivity contribution in [3.05, 3.63) is 65.2 Å². The van der Waals surface area contributed by atoms with Crippen LogP contribution in [-0.2, 0) is 11.2 Å². The van der Waals surface area contributed by atoms with Gasteiger partial charge in [0.25, 0.3) is 5.91 Å². The Morgan fingerprint density at radius 3 is 2.58 bits per heavy atom. The predicted octanol–water partition coefficient (Wildman–Crippen LogP) is 3.04. The van der Waals surface area contributed by atoms with Crippen LogP contribution >= 0.6 is 0 Å². The van der Waals surface area contributed by atoms with Crippen LogP contribution in [0.25, 0.3) is 0 Å². The van der Waals surface area contributed by atoms with Crippen LogP contribution in [0.3, 0.4) is 0 Å². The minimum atomic E-state index is -0.382. The lowest BCUT2D eigenvalue weighted by Gasteiger charge is -2.07. The first kappa shape index (κ1) is 17.2. The van der Waals surface area contributed by atoms with Crippen LogP contribution in [-0.4, -0.2) is 18.2 Å². The Balaban J connectivity index is 1.91. The topological polar surface area (TPSA) is 74.5 Å². The van der Waals surface area contributed by atoms with E-state index in [2.05, 4.69) is 17.5 Å². The fraction of sp³-hybridized carbons (Fsp3) is 0.211. The van der Waals surface area contributed by atoms with Crippen molar-refractivity contribution in [3.8, 4) is 11.8 Å². The number of aryl methyl sites for hydroxylation is 1. The van der Waals surface area contributed by atoms with E-state index in [0.29, 0.717) is 17.0 Å². The fourth-order valence-electron chi connectivity index (χ4n) is 2.05. The highest BCUT2D eigenvalue weighted by Gasteiger charge is 2.06. The molecule has 24 heavy (non-hydrogen) atoms. The molecule has 2 aromatic carbocycles. The number of carbonyl (C=O) groups excluding carboxylic acids is 1. The van der Waals surface area contributed by atoms with Gasteiger partial charge in [-0.25, -0.2) is 5.43 Å². The Bertz CT molecular complexity index is 774. The summed E-state index contributed by atoms with van der Waals surface area (Å²) in [5.41, 5.74) is 5.76. The number of carbonyl (C=O) groups is 1. The maximum absolute atomic E-state index is 11.8. The van der Waals surface area contributed by atoms with Gasteiger partial charge in [0, 0.05) is 0 Å². The summed E-state index contributed by atoms with van der Waals surface area (Å²) in [6, 6.07) is 16.8. The number of amides is 1. The molecule has 0 aliphatic heterocycles. The van der Waals surface area contributed by atoms with Gasteiger partial charge in [-0.1, -0.05) is 43.3 Å². The van der Waals surface area contributed by atoms with Gasteiger partial charge in [0.05, 0.1) is 11.3 Å². The van der Waals surface area contributed by atoms with Gasteiger partial charge in [0.2, 0.25) is 0 Å². The van der Waals surface area contributed by atoms with Gasteiger partial charge in [-0.3, -0.25) is 4.79 Å². The molecule has 5 nitrogen and oxygen atoms in total. The Labute approximate surface area is 141 Å². The molecule has 0 radical (unpaired) electrons. The lowest BCUT2D eigenvalue weighted by molar-refractivity contribution is -0.123. The molecule has 0 aromatic heterocycles. The van der Waals surface area contributed by atoms with Crippen molar-refractivity contribution >= 4 is 11.6 Å². The molecule has 0 aliphatic rings. The maximum Gasteiger partial charge on any atom is 0.277 e. The average molecular weight is 321 g/mol. The van der Waals surface area contributed by atoms with Gasteiger partial charge in [-0.05, 0) is 36.6 Å². The molecule has 0 saturated carbocycles. The van der Waals surface area contributed by atoms with Crippen LogP contribution in [0, 0.1) is 11.3 Å².